The molecule has 0 amide bonds. The Balaban J connectivity index is 1.58. The lowest BCUT2D eigenvalue weighted by atomic mass is 10.2. The van der Waals surface area contributed by atoms with Gasteiger partial charge >= 0.3 is 11.9 Å². The highest BCUT2D eigenvalue weighted by atomic mass is 16.5. The number of esters is 2. The number of ether oxygens (including phenoxy) is 2. The molecule has 2 aromatic heterocycles. The Labute approximate surface area is 173 Å². The summed E-state index contributed by atoms with van der Waals surface area (Å²) in [6.07, 6.45) is 2.21. The molecule has 1 aliphatic carbocycles. The fourth-order valence-corrected chi connectivity index (χ4v) is 3.69. The number of aryl methyl sites for hydroxylation is 1. The lowest BCUT2D eigenvalue weighted by molar-refractivity contribution is -0.133. The van der Waals surface area contributed by atoms with Gasteiger partial charge in [0, 0.05) is 17.4 Å². The molecule has 0 radical (unpaired) electrons. The number of carbonyl (C=O) groups excluding carboxylic acids is 2. The third-order valence-corrected chi connectivity index (χ3v) is 5.26. The van der Waals surface area contributed by atoms with Crippen molar-refractivity contribution >= 4 is 28.5 Å². The number of aliphatic hydroxyl groups is 1. The maximum atomic E-state index is 12.6. The number of hydrogen-bond donors (Lipinski definition) is 2. The fraction of sp³-hybridized carbons (Fsp3) is 0.318. The summed E-state index contributed by atoms with van der Waals surface area (Å²) in [5.41, 5.74) is 3.45. The first kappa shape index (κ1) is 19.8. The summed E-state index contributed by atoms with van der Waals surface area (Å²) in [6.45, 7) is 3.36. The van der Waals surface area contributed by atoms with Gasteiger partial charge in [-0.1, -0.05) is 12.1 Å². The summed E-state index contributed by atoms with van der Waals surface area (Å²) in [6, 6.07) is 9.44. The Morgan fingerprint density at radius 2 is 2.00 bits per heavy atom. The number of H-pyrrole nitrogens is 1. The summed E-state index contributed by atoms with van der Waals surface area (Å²) in [5.74, 6) is -1.64. The van der Waals surface area contributed by atoms with Crippen molar-refractivity contribution in [3.05, 3.63) is 58.9 Å². The number of rotatable bonds is 6. The largest absolute Gasteiger partial charge is 0.508 e. The van der Waals surface area contributed by atoms with Crippen molar-refractivity contribution in [2.24, 2.45) is 0 Å². The smallest absolute Gasteiger partial charge is 0.345 e. The van der Waals surface area contributed by atoms with Crippen LogP contribution in [0.4, 0.5) is 0 Å². The molecule has 2 N–H and O–H groups in total. The topological polar surface area (TPSA) is 106 Å². The zero-order chi connectivity index (χ0) is 21.4. The third kappa shape index (κ3) is 3.56. The van der Waals surface area contributed by atoms with E-state index in [4.69, 9.17) is 9.47 Å². The Morgan fingerprint density at radius 1 is 1.27 bits per heavy atom. The van der Waals surface area contributed by atoms with E-state index in [1.165, 1.54) is 7.11 Å². The third-order valence-electron chi connectivity index (χ3n) is 5.26. The van der Waals surface area contributed by atoms with E-state index in [0.29, 0.717) is 22.6 Å². The maximum absolute atomic E-state index is 12.6. The van der Waals surface area contributed by atoms with Crippen LogP contribution in [0.3, 0.4) is 0 Å². The highest BCUT2D eigenvalue weighted by Crippen LogP contribution is 2.38. The Morgan fingerprint density at radius 3 is 2.67 bits per heavy atom. The first-order chi connectivity index (χ1) is 14.4. The molecular formula is C22H23N3O5. The summed E-state index contributed by atoms with van der Waals surface area (Å²) in [4.78, 5) is 32.2. The minimum absolute atomic E-state index is 0.142. The molecule has 156 valence electrons. The van der Waals surface area contributed by atoms with Crippen molar-refractivity contribution in [2.45, 2.75) is 32.7 Å². The molecule has 0 spiro atoms. The van der Waals surface area contributed by atoms with Crippen molar-refractivity contribution < 1.29 is 24.2 Å². The van der Waals surface area contributed by atoms with E-state index < -0.39 is 24.3 Å². The number of benzene rings is 1. The van der Waals surface area contributed by atoms with Gasteiger partial charge in [-0.25, -0.2) is 14.6 Å². The van der Waals surface area contributed by atoms with Gasteiger partial charge in [0.15, 0.2) is 0 Å². The molecule has 4 rings (SSSR count). The molecule has 0 atom stereocenters. The molecule has 3 aromatic rings. The standard InChI is InChI=1S/C22H23N3O5/c1-12-10-15(13(2)25(12)14-8-9-14)21(27)30-11-18(26)19(22(28)29-3)20-23-16-6-4-5-7-17(16)24-20/h4-7,10,14,26H,8-9,11H2,1-3H3,(H,23,24)/b19-18+. The monoisotopic (exact) mass is 409 g/mol. The second-order valence-electron chi connectivity index (χ2n) is 7.38. The quantitative estimate of drug-likeness (QED) is 0.366. The molecular weight excluding hydrogens is 386 g/mol. The van der Waals surface area contributed by atoms with E-state index in [1.807, 2.05) is 26.0 Å². The van der Waals surface area contributed by atoms with Crippen LogP contribution in [-0.2, 0) is 14.3 Å². The Kier molecular flexibility index (Phi) is 5.07. The van der Waals surface area contributed by atoms with E-state index >= 15 is 0 Å². The molecule has 8 heteroatoms. The van der Waals surface area contributed by atoms with Crippen LogP contribution >= 0.6 is 0 Å². The van der Waals surface area contributed by atoms with Gasteiger partial charge in [0.25, 0.3) is 0 Å². The molecule has 1 aromatic carbocycles. The number of para-hydroxylation sites is 2. The highest BCUT2D eigenvalue weighted by Gasteiger charge is 2.29. The molecule has 0 saturated heterocycles. The molecule has 30 heavy (non-hydrogen) atoms. The van der Waals surface area contributed by atoms with Crippen molar-refractivity contribution in [2.75, 3.05) is 13.7 Å². The van der Waals surface area contributed by atoms with Gasteiger partial charge in [0.1, 0.15) is 23.8 Å². The molecule has 1 saturated carbocycles. The zero-order valence-electron chi connectivity index (χ0n) is 17.1. The number of nitrogens with zero attached hydrogens (tertiary/aromatic N) is 2. The Bertz CT molecular complexity index is 1130. The number of hydrogen-bond acceptors (Lipinski definition) is 6. The summed E-state index contributed by atoms with van der Waals surface area (Å²) >= 11 is 0. The first-order valence-corrected chi connectivity index (χ1v) is 9.71. The molecule has 0 unspecified atom stereocenters. The van der Waals surface area contributed by atoms with Gasteiger partial charge in [-0.3, -0.25) is 0 Å². The summed E-state index contributed by atoms with van der Waals surface area (Å²) in [7, 11) is 1.21. The predicted molar refractivity (Wildman–Crippen MR) is 110 cm³/mol. The number of aromatic amines is 1. The van der Waals surface area contributed by atoms with Crippen molar-refractivity contribution in [1.29, 1.82) is 0 Å². The van der Waals surface area contributed by atoms with Crippen molar-refractivity contribution in [3.63, 3.8) is 0 Å². The number of imidazole rings is 1. The van der Waals surface area contributed by atoms with Crippen LogP contribution in [0.2, 0.25) is 0 Å². The Hall–Kier alpha value is -3.55. The van der Waals surface area contributed by atoms with Crippen LogP contribution in [-0.4, -0.2) is 45.3 Å². The zero-order valence-corrected chi connectivity index (χ0v) is 17.1. The van der Waals surface area contributed by atoms with Crippen LogP contribution in [0, 0.1) is 13.8 Å². The number of aliphatic hydroxyl groups excluding tert-OH is 1. The van der Waals surface area contributed by atoms with Crippen LogP contribution < -0.4 is 0 Å². The lowest BCUT2D eigenvalue weighted by Crippen LogP contribution is -2.14. The van der Waals surface area contributed by atoms with Crippen LogP contribution in [0.1, 0.15) is 46.5 Å². The molecule has 0 aliphatic heterocycles. The van der Waals surface area contributed by atoms with Gasteiger partial charge in [0.2, 0.25) is 0 Å². The van der Waals surface area contributed by atoms with Crippen LogP contribution in [0.5, 0.6) is 0 Å². The average molecular weight is 409 g/mol. The molecule has 0 bridgehead atoms. The first-order valence-electron chi connectivity index (χ1n) is 9.71. The molecule has 1 fully saturated rings. The molecule has 2 heterocycles. The van der Waals surface area contributed by atoms with E-state index in [2.05, 4.69) is 14.5 Å². The maximum Gasteiger partial charge on any atom is 0.345 e. The second kappa shape index (κ2) is 7.70. The summed E-state index contributed by atoms with van der Waals surface area (Å²) in [5, 5.41) is 10.5. The van der Waals surface area contributed by atoms with E-state index in [0.717, 1.165) is 24.2 Å². The number of carbonyl (C=O) groups is 2. The number of nitrogens with one attached hydrogen (secondary N) is 1. The second-order valence-corrected chi connectivity index (χ2v) is 7.38. The van der Waals surface area contributed by atoms with Crippen LogP contribution in [0.15, 0.2) is 36.1 Å². The van der Waals surface area contributed by atoms with Crippen molar-refractivity contribution in [1.82, 2.24) is 14.5 Å². The fourth-order valence-electron chi connectivity index (χ4n) is 3.69. The minimum Gasteiger partial charge on any atom is -0.508 e. The predicted octanol–water partition coefficient (Wildman–Crippen LogP) is 3.62. The van der Waals surface area contributed by atoms with Gasteiger partial charge in [0.05, 0.1) is 23.7 Å². The van der Waals surface area contributed by atoms with E-state index in [1.54, 1.807) is 18.2 Å². The molecule has 1 aliphatic rings. The lowest BCUT2D eigenvalue weighted by Gasteiger charge is -2.09. The molecule has 8 nitrogen and oxygen atoms in total. The van der Waals surface area contributed by atoms with Gasteiger partial charge < -0.3 is 24.1 Å². The number of aromatic nitrogens is 3. The van der Waals surface area contributed by atoms with Gasteiger partial charge in [-0.15, -0.1) is 0 Å². The summed E-state index contributed by atoms with van der Waals surface area (Å²) < 4.78 is 12.2. The van der Waals surface area contributed by atoms with Crippen molar-refractivity contribution in [3.8, 4) is 0 Å². The SMILES string of the molecule is COC(=O)/C(=C(/O)COC(=O)c1cc(C)n(C2CC2)c1C)c1nc2ccccc2[nH]1. The minimum atomic E-state index is -0.783. The highest BCUT2D eigenvalue weighted by molar-refractivity contribution is 6.16. The van der Waals surface area contributed by atoms with E-state index in [-0.39, 0.29) is 11.4 Å². The number of methoxy groups -OCH3 is 1. The normalized spacial score (nSPS) is 14.5. The average Bonchev–Trinajstić information content (AvgIpc) is 3.39. The van der Waals surface area contributed by atoms with Gasteiger partial charge in [-0.05, 0) is 44.9 Å². The van der Waals surface area contributed by atoms with Gasteiger partial charge in [-0.2, -0.15) is 0 Å². The van der Waals surface area contributed by atoms with Crippen LogP contribution in [0.25, 0.3) is 16.6 Å². The van der Waals surface area contributed by atoms with E-state index in [9.17, 15) is 14.7 Å². The number of fused-ring (bicyclic) bond motifs is 1.